The topological polar surface area (TPSA) is 44.3 Å². The summed E-state index contributed by atoms with van der Waals surface area (Å²) in [7, 11) is 1.89. The van der Waals surface area contributed by atoms with E-state index in [2.05, 4.69) is 10.6 Å². The molecule has 1 rings (SSSR count). The van der Waals surface area contributed by atoms with E-state index in [1.54, 1.807) is 0 Å². The molecule has 3 heteroatoms. The van der Waals surface area contributed by atoms with Crippen molar-refractivity contribution >= 4 is 0 Å². The normalized spacial score (nSPS) is 36.7. The first-order valence-corrected chi connectivity index (χ1v) is 3.40. The van der Waals surface area contributed by atoms with E-state index in [1.807, 2.05) is 7.05 Å². The van der Waals surface area contributed by atoms with Crippen molar-refractivity contribution in [3.8, 4) is 0 Å². The van der Waals surface area contributed by atoms with E-state index in [0.717, 1.165) is 19.5 Å². The van der Waals surface area contributed by atoms with Crippen LogP contribution < -0.4 is 10.6 Å². The van der Waals surface area contributed by atoms with E-state index >= 15 is 0 Å². The third-order valence-corrected chi connectivity index (χ3v) is 1.82. The van der Waals surface area contributed by atoms with Gasteiger partial charge in [0.15, 0.2) is 0 Å². The number of aliphatic hydroxyl groups excluding tert-OH is 1. The van der Waals surface area contributed by atoms with Crippen LogP contribution in [0.1, 0.15) is 6.42 Å². The highest BCUT2D eigenvalue weighted by Crippen LogP contribution is 2.01. The fourth-order valence-electron chi connectivity index (χ4n) is 1.18. The molecular weight excluding hydrogens is 116 g/mol. The summed E-state index contributed by atoms with van der Waals surface area (Å²) in [5.41, 5.74) is 0. The highest BCUT2D eigenvalue weighted by molar-refractivity contribution is 4.81. The molecule has 0 aromatic carbocycles. The summed E-state index contributed by atoms with van der Waals surface area (Å²) >= 11 is 0. The van der Waals surface area contributed by atoms with Gasteiger partial charge in [-0.3, -0.25) is 0 Å². The van der Waals surface area contributed by atoms with Crippen LogP contribution >= 0.6 is 0 Å². The molecule has 0 spiro atoms. The van der Waals surface area contributed by atoms with Crippen LogP contribution in [0, 0.1) is 0 Å². The maximum atomic E-state index is 9.24. The molecule has 0 unspecified atom stereocenters. The molecule has 1 saturated heterocycles. The molecule has 0 radical (unpaired) electrons. The summed E-state index contributed by atoms with van der Waals surface area (Å²) in [4.78, 5) is 0. The summed E-state index contributed by atoms with van der Waals surface area (Å²) < 4.78 is 0. The summed E-state index contributed by atoms with van der Waals surface area (Å²) in [6.07, 6.45) is 0.821. The van der Waals surface area contributed by atoms with E-state index in [9.17, 15) is 5.11 Å². The van der Waals surface area contributed by atoms with Gasteiger partial charge in [0, 0.05) is 12.6 Å². The molecule has 0 bridgehead atoms. The molecule has 0 saturated carbocycles. The molecule has 1 aliphatic heterocycles. The molecule has 1 fully saturated rings. The smallest absolute Gasteiger partial charge is 0.0817 e. The van der Waals surface area contributed by atoms with E-state index in [4.69, 9.17) is 0 Å². The summed E-state index contributed by atoms with van der Waals surface area (Å²) in [6, 6.07) is 0.297. The number of hydrogen-bond donors (Lipinski definition) is 3. The average molecular weight is 130 g/mol. The van der Waals surface area contributed by atoms with Crippen molar-refractivity contribution in [2.75, 3.05) is 20.1 Å². The van der Waals surface area contributed by atoms with Crippen LogP contribution in [0.15, 0.2) is 0 Å². The monoisotopic (exact) mass is 130 g/mol. The van der Waals surface area contributed by atoms with Crippen LogP contribution in [0.3, 0.4) is 0 Å². The molecule has 0 aromatic rings. The standard InChI is InChI=1S/C6H14N2O/c1-7-5-2-3-8-4-6(5)9/h5-9H,2-4H2,1H3/t5-,6-/m1/s1. The average Bonchev–Trinajstić information content (AvgIpc) is 1.89. The minimum absolute atomic E-state index is 0.205. The molecular formula is C6H14N2O. The van der Waals surface area contributed by atoms with E-state index in [0.29, 0.717) is 6.04 Å². The van der Waals surface area contributed by atoms with Crippen molar-refractivity contribution in [3.05, 3.63) is 0 Å². The van der Waals surface area contributed by atoms with Crippen molar-refractivity contribution < 1.29 is 5.11 Å². The first-order valence-electron chi connectivity index (χ1n) is 3.40. The second-order valence-electron chi connectivity index (χ2n) is 2.46. The van der Waals surface area contributed by atoms with Crippen LogP contribution in [0.2, 0.25) is 0 Å². The maximum absolute atomic E-state index is 9.24. The second kappa shape index (κ2) is 3.15. The Balaban J connectivity index is 2.30. The van der Waals surface area contributed by atoms with Crippen molar-refractivity contribution in [1.82, 2.24) is 10.6 Å². The van der Waals surface area contributed by atoms with Crippen molar-refractivity contribution in [2.24, 2.45) is 0 Å². The van der Waals surface area contributed by atoms with Gasteiger partial charge in [-0.15, -0.1) is 0 Å². The van der Waals surface area contributed by atoms with Gasteiger partial charge in [-0.25, -0.2) is 0 Å². The summed E-state index contributed by atoms with van der Waals surface area (Å²) in [6.45, 7) is 1.74. The highest BCUT2D eigenvalue weighted by Gasteiger charge is 2.19. The Morgan fingerprint density at radius 1 is 1.67 bits per heavy atom. The lowest BCUT2D eigenvalue weighted by Gasteiger charge is -2.27. The Kier molecular flexibility index (Phi) is 2.45. The van der Waals surface area contributed by atoms with E-state index in [1.165, 1.54) is 0 Å². The van der Waals surface area contributed by atoms with Crippen LogP contribution in [-0.2, 0) is 0 Å². The Morgan fingerprint density at radius 2 is 2.44 bits per heavy atom. The van der Waals surface area contributed by atoms with Gasteiger partial charge >= 0.3 is 0 Å². The highest BCUT2D eigenvalue weighted by atomic mass is 16.3. The Hall–Kier alpha value is -0.120. The maximum Gasteiger partial charge on any atom is 0.0817 e. The number of hydrogen-bond acceptors (Lipinski definition) is 3. The Labute approximate surface area is 55.5 Å². The van der Waals surface area contributed by atoms with Crippen LogP contribution in [0.5, 0.6) is 0 Å². The third kappa shape index (κ3) is 1.64. The zero-order valence-electron chi connectivity index (χ0n) is 5.72. The Bertz CT molecular complexity index is 87.1. The van der Waals surface area contributed by atoms with Gasteiger partial charge in [-0.2, -0.15) is 0 Å². The van der Waals surface area contributed by atoms with Crippen LogP contribution in [0.4, 0.5) is 0 Å². The lowest BCUT2D eigenvalue weighted by molar-refractivity contribution is 0.107. The molecule has 54 valence electrons. The van der Waals surface area contributed by atoms with Gasteiger partial charge in [-0.1, -0.05) is 0 Å². The molecule has 1 heterocycles. The minimum Gasteiger partial charge on any atom is -0.390 e. The first kappa shape index (κ1) is 6.99. The lowest BCUT2D eigenvalue weighted by Crippen LogP contribution is -2.49. The van der Waals surface area contributed by atoms with E-state index < -0.39 is 0 Å². The number of aliphatic hydroxyl groups is 1. The van der Waals surface area contributed by atoms with Gasteiger partial charge in [-0.05, 0) is 20.0 Å². The molecule has 0 amide bonds. The van der Waals surface area contributed by atoms with Gasteiger partial charge in [0.05, 0.1) is 6.10 Å². The number of β-amino-alcohol motifs (C(OH)–C–C–N with tert-alkyl or cyclic N) is 1. The van der Waals surface area contributed by atoms with Crippen molar-refractivity contribution in [2.45, 2.75) is 18.6 Å². The molecule has 3 nitrogen and oxygen atoms in total. The van der Waals surface area contributed by atoms with E-state index in [-0.39, 0.29) is 6.10 Å². The third-order valence-electron chi connectivity index (χ3n) is 1.82. The second-order valence-corrected chi connectivity index (χ2v) is 2.46. The fourth-order valence-corrected chi connectivity index (χ4v) is 1.18. The quantitative estimate of drug-likeness (QED) is 0.423. The van der Waals surface area contributed by atoms with Crippen LogP contribution in [0.25, 0.3) is 0 Å². The summed E-state index contributed by atoms with van der Waals surface area (Å²) in [5, 5.41) is 15.4. The van der Waals surface area contributed by atoms with Gasteiger partial charge in [0.2, 0.25) is 0 Å². The molecule has 9 heavy (non-hydrogen) atoms. The predicted molar refractivity (Wildman–Crippen MR) is 36.3 cm³/mol. The largest absolute Gasteiger partial charge is 0.390 e. The minimum atomic E-state index is -0.205. The molecule has 0 aromatic heterocycles. The number of rotatable bonds is 1. The molecule has 0 aliphatic carbocycles. The Morgan fingerprint density at radius 3 is 2.89 bits per heavy atom. The fraction of sp³-hybridized carbons (Fsp3) is 1.00. The number of likely N-dealkylation sites (N-methyl/N-ethyl adjacent to an activating group) is 1. The van der Waals surface area contributed by atoms with Gasteiger partial charge < -0.3 is 15.7 Å². The van der Waals surface area contributed by atoms with Gasteiger partial charge in [0.1, 0.15) is 0 Å². The zero-order chi connectivity index (χ0) is 6.69. The zero-order valence-corrected chi connectivity index (χ0v) is 5.72. The summed E-state index contributed by atoms with van der Waals surface area (Å²) in [5.74, 6) is 0. The predicted octanol–water partition coefficient (Wildman–Crippen LogP) is -1.07. The van der Waals surface area contributed by atoms with Gasteiger partial charge in [0.25, 0.3) is 0 Å². The molecule has 1 aliphatic rings. The number of nitrogens with one attached hydrogen (secondary N) is 2. The molecule has 3 N–H and O–H groups in total. The van der Waals surface area contributed by atoms with Crippen molar-refractivity contribution in [3.63, 3.8) is 0 Å². The SMILES string of the molecule is CN[C@@H]1CCNC[C@H]1O. The first-order chi connectivity index (χ1) is 4.34. The van der Waals surface area contributed by atoms with Crippen molar-refractivity contribution in [1.29, 1.82) is 0 Å². The van der Waals surface area contributed by atoms with Crippen LogP contribution in [-0.4, -0.2) is 37.4 Å². The molecule has 2 atom stereocenters. The lowest BCUT2D eigenvalue weighted by atomic mass is 10.0. The number of piperidine rings is 1.